The van der Waals surface area contributed by atoms with Crippen LogP contribution in [0.15, 0.2) is 35.4 Å². The van der Waals surface area contributed by atoms with Gasteiger partial charge < -0.3 is 10.4 Å². The van der Waals surface area contributed by atoms with Crippen molar-refractivity contribution in [3.63, 3.8) is 0 Å². The molecule has 0 radical (unpaired) electrons. The Kier molecular flexibility index (Phi) is 4.65. The quantitative estimate of drug-likeness (QED) is 0.721. The number of nitrogens with one attached hydrogen (secondary N) is 2. The summed E-state index contributed by atoms with van der Waals surface area (Å²) in [4.78, 5) is 34.1. The van der Waals surface area contributed by atoms with Crippen LogP contribution in [0.4, 0.5) is 0 Å². The summed E-state index contributed by atoms with van der Waals surface area (Å²) < 4.78 is 0. The highest BCUT2D eigenvalue weighted by Gasteiger charge is 2.23. The van der Waals surface area contributed by atoms with Gasteiger partial charge in [-0.15, -0.1) is 0 Å². The average Bonchev–Trinajstić information content (AvgIpc) is 2.48. The highest BCUT2D eigenvalue weighted by atomic mass is 16.4. The Balaban J connectivity index is 1.98. The van der Waals surface area contributed by atoms with Crippen LogP contribution in [-0.2, 0) is 14.4 Å². The molecule has 21 heavy (non-hydrogen) atoms. The molecule has 1 heterocycles. The number of carboxylic acid groups (broad SMARTS) is 1. The Labute approximate surface area is 121 Å². The highest BCUT2D eigenvalue weighted by Crippen LogP contribution is 2.14. The maximum absolute atomic E-state index is 11.9. The van der Waals surface area contributed by atoms with E-state index >= 15 is 0 Å². The molecule has 1 aromatic carbocycles. The lowest BCUT2D eigenvalue weighted by Gasteiger charge is -2.15. The maximum Gasteiger partial charge on any atom is 0.312 e. The van der Waals surface area contributed by atoms with Crippen LogP contribution in [0.5, 0.6) is 0 Å². The molecule has 1 aliphatic rings. The number of amides is 2. The molecule has 1 aromatic rings. The van der Waals surface area contributed by atoms with Crippen molar-refractivity contribution in [3.8, 4) is 0 Å². The molecular formula is C14H15N3O4. The van der Waals surface area contributed by atoms with Gasteiger partial charge in [0, 0.05) is 19.4 Å². The zero-order valence-electron chi connectivity index (χ0n) is 11.2. The summed E-state index contributed by atoms with van der Waals surface area (Å²) in [7, 11) is 0. The smallest absolute Gasteiger partial charge is 0.312 e. The van der Waals surface area contributed by atoms with Crippen LogP contribution in [0.25, 0.3) is 0 Å². The fourth-order valence-electron chi connectivity index (χ4n) is 1.97. The lowest BCUT2D eigenvalue weighted by atomic mass is 9.99. The van der Waals surface area contributed by atoms with Gasteiger partial charge in [-0.1, -0.05) is 30.3 Å². The van der Waals surface area contributed by atoms with Crippen LogP contribution in [0.1, 0.15) is 24.3 Å². The highest BCUT2D eigenvalue weighted by molar-refractivity contribution is 6.39. The average molecular weight is 289 g/mol. The van der Waals surface area contributed by atoms with E-state index in [4.69, 9.17) is 0 Å². The van der Waals surface area contributed by atoms with Gasteiger partial charge in [0.15, 0.2) is 0 Å². The van der Waals surface area contributed by atoms with Gasteiger partial charge in [-0.25, -0.2) is 5.43 Å². The Hall–Kier alpha value is -2.70. The molecule has 110 valence electrons. The number of hydrazone groups is 1. The molecule has 0 aliphatic carbocycles. The Morgan fingerprint density at radius 3 is 2.57 bits per heavy atom. The topological polar surface area (TPSA) is 108 Å². The first-order valence-corrected chi connectivity index (χ1v) is 6.49. The van der Waals surface area contributed by atoms with Crippen LogP contribution < -0.4 is 10.7 Å². The minimum Gasteiger partial charge on any atom is -0.481 e. The van der Waals surface area contributed by atoms with Crippen LogP contribution in [-0.4, -0.2) is 35.1 Å². The Morgan fingerprint density at radius 1 is 1.29 bits per heavy atom. The van der Waals surface area contributed by atoms with Crippen molar-refractivity contribution in [2.45, 2.75) is 18.8 Å². The zero-order chi connectivity index (χ0) is 15.2. The number of carbonyl (C=O) groups is 3. The van der Waals surface area contributed by atoms with Crippen LogP contribution in [0, 0.1) is 0 Å². The van der Waals surface area contributed by atoms with Crippen molar-refractivity contribution in [1.29, 1.82) is 0 Å². The number of hydrogen-bond acceptors (Lipinski definition) is 4. The minimum atomic E-state index is -1.01. The van der Waals surface area contributed by atoms with E-state index in [1.165, 1.54) is 0 Å². The molecule has 3 N–H and O–H groups in total. The largest absolute Gasteiger partial charge is 0.481 e. The molecule has 0 bridgehead atoms. The molecule has 0 fully saturated rings. The third kappa shape index (κ3) is 3.88. The summed E-state index contributed by atoms with van der Waals surface area (Å²) in [5, 5.41) is 15.5. The number of hydrogen-bond donors (Lipinski definition) is 3. The first-order chi connectivity index (χ1) is 10.1. The van der Waals surface area contributed by atoms with E-state index < -0.39 is 17.8 Å². The monoisotopic (exact) mass is 289 g/mol. The second kappa shape index (κ2) is 6.65. The summed E-state index contributed by atoms with van der Waals surface area (Å²) in [6.45, 7) is -0.0366. The molecule has 0 aromatic heterocycles. The number of rotatable bonds is 5. The molecule has 1 aliphatic heterocycles. The number of carboxylic acids is 1. The van der Waals surface area contributed by atoms with E-state index in [1.807, 2.05) is 0 Å². The molecule has 2 rings (SSSR count). The van der Waals surface area contributed by atoms with Gasteiger partial charge >= 0.3 is 5.97 Å². The molecule has 7 nitrogen and oxygen atoms in total. The summed E-state index contributed by atoms with van der Waals surface area (Å²) in [5.41, 5.74) is 3.04. The van der Waals surface area contributed by atoms with Gasteiger partial charge in [0.2, 0.25) is 5.91 Å². The molecule has 0 saturated heterocycles. The predicted molar refractivity (Wildman–Crippen MR) is 74.6 cm³/mol. The normalized spacial score (nSPS) is 15.6. The third-order valence-electron chi connectivity index (χ3n) is 3.13. The van der Waals surface area contributed by atoms with Gasteiger partial charge in [0.05, 0.1) is 5.92 Å². The summed E-state index contributed by atoms with van der Waals surface area (Å²) in [6.07, 6.45) is 0.452. The summed E-state index contributed by atoms with van der Waals surface area (Å²) in [5.74, 6) is -2.54. The molecule has 1 atom stereocenters. The summed E-state index contributed by atoms with van der Waals surface area (Å²) in [6, 6.07) is 8.68. The molecular weight excluding hydrogens is 274 g/mol. The first-order valence-electron chi connectivity index (χ1n) is 6.49. The van der Waals surface area contributed by atoms with Crippen molar-refractivity contribution in [3.05, 3.63) is 35.9 Å². The van der Waals surface area contributed by atoms with E-state index in [1.54, 1.807) is 30.3 Å². The van der Waals surface area contributed by atoms with Crippen molar-refractivity contribution < 1.29 is 19.5 Å². The van der Waals surface area contributed by atoms with E-state index in [-0.39, 0.29) is 31.0 Å². The standard InChI is InChI=1S/C14H15N3O4/c18-12-7-6-11(16-17-12)13(19)15-8-10(14(20)21)9-4-2-1-3-5-9/h1-5,10H,6-8H2,(H,15,19)(H,17,18)(H,20,21). The number of aliphatic carboxylic acids is 1. The number of benzene rings is 1. The van der Waals surface area contributed by atoms with Gasteiger partial charge in [0.25, 0.3) is 5.91 Å². The second-order valence-electron chi connectivity index (χ2n) is 4.61. The lowest BCUT2D eigenvalue weighted by molar-refractivity contribution is -0.138. The first kappa shape index (κ1) is 14.7. The van der Waals surface area contributed by atoms with Crippen LogP contribution in [0.3, 0.4) is 0 Å². The minimum absolute atomic E-state index is 0.0366. The molecule has 7 heteroatoms. The molecule has 0 spiro atoms. The maximum atomic E-state index is 11.9. The third-order valence-corrected chi connectivity index (χ3v) is 3.13. The van der Waals surface area contributed by atoms with Crippen LogP contribution >= 0.6 is 0 Å². The van der Waals surface area contributed by atoms with Crippen molar-refractivity contribution in [1.82, 2.24) is 10.7 Å². The molecule has 1 unspecified atom stereocenters. The zero-order valence-corrected chi connectivity index (χ0v) is 11.2. The van der Waals surface area contributed by atoms with Gasteiger partial charge in [-0.3, -0.25) is 14.4 Å². The number of carbonyl (C=O) groups excluding carboxylic acids is 2. The van der Waals surface area contributed by atoms with Gasteiger partial charge in [-0.2, -0.15) is 5.10 Å². The fraction of sp³-hybridized carbons (Fsp3) is 0.286. The Morgan fingerprint density at radius 2 is 2.00 bits per heavy atom. The van der Waals surface area contributed by atoms with E-state index in [9.17, 15) is 19.5 Å². The summed E-state index contributed by atoms with van der Waals surface area (Å²) >= 11 is 0. The Bertz CT molecular complexity index is 583. The molecule has 0 saturated carbocycles. The van der Waals surface area contributed by atoms with Gasteiger partial charge in [0.1, 0.15) is 5.71 Å². The van der Waals surface area contributed by atoms with E-state index in [0.717, 1.165) is 0 Å². The fourth-order valence-corrected chi connectivity index (χ4v) is 1.97. The van der Waals surface area contributed by atoms with Gasteiger partial charge in [-0.05, 0) is 5.56 Å². The van der Waals surface area contributed by atoms with Crippen molar-refractivity contribution >= 4 is 23.5 Å². The second-order valence-corrected chi connectivity index (χ2v) is 4.61. The van der Waals surface area contributed by atoms with E-state index in [0.29, 0.717) is 5.56 Å². The lowest BCUT2D eigenvalue weighted by Crippen LogP contribution is -2.39. The van der Waals surface area contributed by atoms with Crippen LogP contribution in [0.2, 0.25) is 0 Å². The van der Waals surface area contributed by atoms with E-state index in [2.05, 4.69) is 15.8 Å². The molecule has 2 amide bonds. The van der Waals surface area contributed by atoms with Crippen molar-refractivity contribution in [2.75, 3.05) is 6.54 Å². The predicted octanol–water partition coefficient (Wildman–Crippen LogP) is 0.237. The number of nitrogens with zero attached hydrogens (tertiary/aromatic N) is 1. The van der Waals surface area contributed by atoms with Crippen molar-refractivity contribution in [2.24, 2.45) is 5.10 Å². The SMILES string of the molecule is O=C1CCC(C(=O)NCC(C(=O)O)c2ccccc2)=NN1.